The molecule has 158 valence electrons. The monoisotopic (exact) mass is 436 g/mol. The Kier molecular flexibility index (Phi) is 7.03. The maximum absolute atomic E-state index is 12.3. The van der Waals surface area contributed by atoms with Crippen molar-refractivity contribution >= 4 is 11.5 Å². The van der Waals surface area contributed by atoms with Crippen LogP contribution in [0.3, 0.4) is 0 Å². The van der Waals surface area contributed by atoms with Crippen LogP contribution >= 0.6 is 0 Å². The van der Waals surface area contributed by atoms with Crippen molar-refractivity contribution in [2.75, 3.05) is 0 Å². The van der Waals surface area contributed by atoms with Gasteiger partial charge in [-0.25, -0.2) is 18.6 Å². The highest BCUT2D eigenvalue weighted by molar-refractivity contribution is 6.04. The number of carbonyl (C=O) groups is 1. The number of pyridine rings is 1. The van der Waals surface area contributed by atoms with Crippen LogP contribution in [0.1, 0.15) is 23.0 Å². The summed E-state index contributed by atoms with van der Waals surface area (Å²) >= 11 is 0. The highest BCUT2D eigenvalue weighted by Gasteiger charge is 2.38. The van der Waals surface area contributed by atoms with Crippen LogP contribution in [0.15, 0.2) is 53.1 Å². The van der Waals surface area contributed by atoms with Crippen LogP contribution in [0.2, 0.25) is 0 Å². The average molecular weight is 437 g/mol. The summed E-state index contributed by atoms with van der Waals surface area (Å²) in [7, 11) is -3.22. The van der Waals surface area contributed by atoms with Gasteiger partial charge in [-0.15, -0.1) is 10.2 Å². The van der Waals surface area contributed by atoms with Crippen molar-refractivity contribution in [3.63, 3.8) is 0 Å². The Hall–Kier alpha value is -3.15. The van der Waals surface area contributed by atoms with Crippen molar-refractivity contribution < 1.29 is 47.6 Å². The Balaban J connectivity index is 0.000000575. The molecule has 30 heavy (non-hydrogen) atoms. The topological polar surface area (TPSA) is 169 Å². The summed E-state index contributed by atoms with van der Waals surface area (Å²) < 4.78 is 41.1. The quantitative estimate of drug-likeness (QED) is 0.219. The SMILES string of the molecule is CC(=O)c1c(-c2ccco2)c([N+](=O)[O-])c(-c2ccccc2)[n+](C)c1C.[O-][Cl+3]([O-])([O-])[O-]. The van der Waals surface area contributed by atoms with Crippen LogP contribution in [-0.4, -0.2) is 10.7 Å². The summed E-state index contributed by atoms with van der Waals surface area (Å²) in [6.07, 6.45) is 1.44. The highest BCUT2D eigenvalue weighted by atomic mass is 35.7. The molecule has 0 fully saturated rings. The Morgan fingerprint density at radius 2 is 1.63 bits per heavy atom. The summed E-state index contributed by atoms with van der Waals surface area (Å²) in [6.45, 7) is 3.18. The Morgan fingerprint density at radius 3 is 2.07 bits per heavy atom. The molecule has 0 radical (unpaired) electrons. The van der Waals surface area contributed by atoms with Crippen molar-refractivity contribution in [3.05, 3.63) is 70.1 Å². The van der Waals surface area contributed by atoms with E-state index in [2.05, 4.69) is 0 Å². The summed E-state index contributed by atoms with van der Waals surface area (Å²) in [5, 5.41) is 12.0. The number of furan rings is 1. The molecule has 0 aliphatic rings. The summed E-state index contributed by atoms with van der Waals surface area (Å²) in [4.78, 5) is 23.8. The third-order valence-corrected chi connectivity index (χ3v) is 4.26. The minimum absolute atomic E-state index is 0.139. The minimum Gasteiger partial charge on any atom is -0.464 e. The summed E-state index contributed by atoms with van der Waals surface area (Å²) in [5.41, 5.74) is 2.14. The smallest absolute Gasteiger partial charge is 0.352 e. The largest absolute Gasteiger partial charge is 0.464 e. The zero-order valence-corrected chi connectivity index (χ0v) is 16.9. The molecule has 0 atom stereocenters. The van der Waals surface area contributed by atoms with E-state index in [0.29, 0.717) is 28.3 Å². The number of rotatable bonds is 4. The molecule has 2 heterocycles. The molecule has 3 rings (SSSR count). The predicted octanol–water partition coefficient (Wildman–Crippen LogP) is -0.899. The molecule has 0 aliphatic carbocycles. The lowest BCUT2D eigenvalue weighted by Crippen LogP contribution is -2.68. The van der Waals surface area contributed by atoms with E-state index < -0.39 is 15.2 Å². The van der Waals surface area contributed by atoms with Crippen LogP contribution in [0.25, 0.3) is 22.6 Å². The Labute approximate surface area is 173 Å². The van der Waals surface area contributed by atoms with Gasteiger partial charge in [0.05, 0.1) is 16.7 Å². The molecule has 0 saturated carbocycles. The molecule has 0 aliphatic heterocycles. The van der Waals surface area contributed by atoms with Gasteiger partial charge in [-0.3, -0.25) is 14.9 Å². The molecule has 3 aromatic rings. The second-order valence-electron chi connectivity index (χ2n) is 6.13. The molecule has 10 nitrogen and oxygen atoms in total. The van der Waals surface area contributed by atoms with Crippen LogP contribution in [-0.2, 0) is 7.05 Å². The zero-order chi connectivity index (χ0) is 22.6. The first-order valence-electron chi connectivity index (χ1n) is 8.36. The third-order valence-electron chi connectivity index (χ3n) is 4.26. The van der Waals surface area contributed by atoms with Crippen molar-refractivity contribution in [1.82, 2.24) is 0 Å². The molecule has 1 aromatic carbocycles. The average Bonchev–Trinajstić information content (AvgIpc) is 3.16. The predicted molar refractivity (Wildman–Crippen MR) is 92.2 cm³/mol. The van der Waals surface area contributed by atoms with Crippen molar-refractivity contribution in [2.24, 2.45) is 7.05 Å². The standard InChI is InChI=1S/C19H17N2O4.ClHO4/c1-12-16(13(2)22)17(15-10-7-11-25-15)19(21(23)24)18(20(12)3)14-8-5-4-6-9-14;2-1(3,4)5/h4-11H,1-3H3;(H,2,3,4,5)/q+1;/p-1. The number of aromatic nitrogens is 1. The lowest BCUT2D eigenvalue weighted by molar-refractivity contribution is -2.00. The van der Waals surface area contributed by atoms with Gasteiger partial charge in [-0.2, -0.15) is 4.57 Å². The Bertz CT molecular complexity index is 1050. The molecule has 11 heteroatoms. The highest BCUT2D eigenvalue weighted by Crippen LogP contribution is 2.40. The van der Waals surface area contributed by atoms with Gasteiger partial charge in [0.25, 0.3) is 5.69 Å². The van der Waals surface area contributed by atoms with E-state index in [1.165, 1.54) is 13.2 Å². The van der Waals surface area contributed by atoms with E-state index in [4.69, 9.17) is 23.1 Å². The molecule has 0 N–H and O–H groups in total. The maximum atomic E-state index is 12.3. The van der Waals surface area contributed by atoms with Crippen LogP contribution in [0.5, 0.6) is 0 Å². The van der Waals surface area contributed by atoms with E-state index in [9.17, 15) is 14.9 Å². The van der Waals surface area contributed by atoms with Gasteiger partial charge < -0.3 is 4.42 Å². The number of ketones is 1. The lowest BCUT2D eigenvalue weighted by Gasteiger charge is -2.17. The van der Waals surface area contributed by atoms with Gasteiger partial charge in [0.1, 0.15) is 23.9 Å². The molecule has 0 spiro atoms. The molecule has 0 saturated heterocycles. The summed E-state index contributed by atoms with van der Waals surface area (Å²) in [6, 6.07) is 12.4. The first-order chi connectivity index (χ1) is 13.9. The van der Waals surface area contributed by atoms with Gasteiger partial charge in [0, 0.05) is 6.92 Å². The molecular formula is C19H17ClN2O8. The molecule has 0 amide bonds. The van der Waals surface area contributed by atoms with E-state index >= 15 is 0 Å². The number of nitro groups is 1. The van der Waals surface area contributed by atoms with Crippen molar-refractivity contribution in [3.8, 4) is 22.6 Å². The van der Waals surface area contributed by atoms with Gasteiger partial charge in [0.2, 0.25) is 0 Å². The first-order valence-corrected chi connectivity index (χ1v) is 9.59. The third kappa shape index (κ3) is 5.26. The van der Waals surface area contributed by atoms with E-state index in [1.807, 2.05) is 18.2 Å². The molecule has 0 bridgehead atoms. The second-order valence-corrected chi connectivity index (χ2v) is 6.88. The van der Waals surface area contributed by atoms with Gasteiger partial charge in [-0.1, -0.05) is 18.2 Å². The number of Topliss-reactive ketones (excluding diaryl/α,β-unsaturated/α-hetero) is 1. The van der Waals surface area contributed by atoms with Gasteiger partial charge in [0.15, 0.2) is 11.5 Å². The minimum atomic E-state index is -4.94. The fraction of sp³-hybridized carbons (Fsp3) is 0.158. The summed E-state index contributed by atoms with van der Waals surface area (Å²) in [5.74, 6) is 0.0555. The van der Waals surface area contributed by atoms with Crippen LogP contribution < -0.4 is 23.2 Å². The number of nitrogens with zero attached hydrogens (tertiary/aromatic N) is 2. The zero-order valence-electron chi connectivity index (χ0n) is 16.2. The van der Waals surface area contributed by atoms with E-state index in [0.717, 1.165) is 0 Å². The molecule has 2 aromatic heterocycles. The lowest BCUT2D eigenvalue weighted by atomic mass is 9.95. The van der Waals surface area contributed by atoms with Crippen molar-refractivity contribution in [2.45, 2.75) is 13.8 Å². The molecule has 0 unspecified atom stereocenters. The normalized spacial score (nSPS) is 10.9. The van der Waals surface area contributed by atoms with E-state index in [1.54, 1.807) is 42.8 Å². The number of hydrogen-bond donors (Lipinski definition) is 0. The van der Waals surface area contributed by atoms with Crippen LogP contribution in [0, 0.1) is 27.3 Å². The number of benzene rings is 1. The maximum Gasteiger partial charge on any atom is 0.352 e. The molecular weight excluding hydrogens is 420 g/mol. The first kappa shape index (κ1) is 23.1. The number of carbonyl (C=O) groups excluding carboxylic acids is 1. The van der Waals surface area contributed by atoms with Crippen molar-refractivity contribution in [1.29, 1.82) is 0 Å². The van der Waals surface area contributed by atoms with Gasteiger partial charge in [-0.05, 0) is 31.2 Å². The Morgan fingerprint density at radius 1 is 1.07 bits per heavy atom. The number of hydrogen-bond acceptors (Lipinski definition) is 8. The number of halogens is 1. The van der Waals surface area contributed by atoms with E-state index in [-0.39, 0.29) is 17.0 Å². The fourth-order valence-corrected chi connectivity index (χ4v) is 3.11. The fourth-order valence-electron chi connectivity index (χ4n) is 3.11. The second kappa shape index (κ2) is 9.11. The van der Waals surface area contributed by atoms with Gasteiger partial charge >= 0.3 is 5.69 Å². The van der Waals surface area contributed by atoms with Crippen LogP contribution in [0.4, 0.5) is 5.69 Å².